The maximum Gasteiger partial charge on any atom is 0.310 e. The Hall–Kier alpha value is -1.65. The Labute approximate surface area is 223 Å². The van der Waals surface area contributed by atoms with Crippen LogP contribution in [0.1, 0.15) is 113 Å². The molecule has 0 aromatic heterocycles. The van der Waals surface area contributed by atoms with Crippen LogP contribution in [0.15, 0.2) is 11.6 Å². The number of fused-ring (bicyclic) bond motifs is 7. The summed E-state index contributed by atoms with van der Waals surface area (Å²) in [5, 5.41) is 10.7. The Kier molecular flexibility index (Phi) is 5.78. The fourth-order valence-corrected chi connectivity index (χ4v) is 10.8. The summed E-state index contributed by atoms with van der Waals surface area (Å²) in [6.07, 6.45) is 9.44. The summed E-state index contributed by atoms with van der Waals surface area (Å²) in [5.41, 5.74) is 0.0343. The molecule has 4 fully saturated rings. The van der Waals surface area contributed by atoms with Gasteiger partial charge in [0.15, 0.2) is 0 Å². The first kappa shape index (κ1) is 26.9. The Balaban J connectivity index is 1.58. The van der Waals surface area contributed by atoms with Gasteiger partial charge in [-0.2, -0.15) is 0 Å². The monoisotopic (exact) mass is 512 g/mol. The lowest BCUT2D eigenvalue weighted by molar-refractivity contribution is -0.199. The SMILES string of the molecule is CC(=O)O[C@@H]1C[C@@]2(C(=O)O)CC[C@@]3(C)C(=CC[C@H]4[C@]5(C)CCC(=O)C(C)(C)[C@H]5CC[C@@]43C)[C@H]2CC1(C)C. The highest BCUT2D eigenvalue weighted by atomic mass is 16.5. The van der Waals surface area contributed by atoms with Crippen LogP contribution in [0, 0.1) is 50.2 Å². The van der Waals surface area contributed by atoms with Gasteiger partial charge in [0.05, 0.1) is 5.41 Å². The number of rotatable bonds is 2. The van der Waals surface area contributed by atoms with Crippen molar-refractivity contribution in [2.75, 3.05) is 0 Å². The zero-order chi connectivity index (χ0) is 27.4. The van der Waals surface area contributed by atoms with Crippen molar-refractivity contribution in [3.05, 3.63) is 11.6 Å². The Bertz CT molecular complexity index is 1070. The van der Waals surface area contributed by atoms with E-state index in [9.17, 15) is 19.5 Å². The van der Waals surface area contributed by atoms with E-state index in [1.807, 2.05) is 0 Å². The average Bonchev–Trinajstić information content (AvgIpc) is 2.77. The lowest BCUT2D eigenvalue weighted by Crippen LogP contribution is -2.65. The van der Waals surface area contributed by atoms with Crippen molar-refractivity contribution in [3.63, 3.8) is 0 Å². The van der Waals surface area contributed by atoms with Crippen molar-refractivity contribution in [3.8, 4) is 0 Å². The van der Waals surface area contributed by atoms with Crippen LogP contribution >= 0.6 is 0 Å². The van der Waals surface area contributed by atoms with Crippen molar-refractivity contribution in [2.45, 2.75) is 119 Å². The predicted molar refractivity (Wildman–Crippen MR) is 143 cm³/mol. The third-order valence-corrected chi connectivity index (χ3v) is 13.3. The van der Waals surface area contributed by atoms with Crippen molar-refractivity contribution >= 4 is 17.7 Å². The van der Waals surface area contributed by atoms with Gasteiger partial charge in [-0.1, -0.05) is 60.1 Å². The fraction of sp³-hybridized carbons (Fsp3) is 0.844. The molecular weight excluding hydrogens is 464 g/mol. The fourth-order valence-electron chi connectivity index (χ4n) is 10.8. The van der Waals surface area contributed by atoms with Crippen LogP contribution < -0.4 is 0 Å². The molecule has 0 aromatic carbocycles. The van der Waals surface area contributed by atoms with E-state index < -0.39 is 11.4 Å². The highest BCUT2D eigenvalue weighted by Gasteiger charge is 2.70. The number of esters is 1. The highest BCUT2D eigenvalue weighted by molar-refractivity contribution is 5.85. The van der Waals surface area contributed by atoms with Gasteiger partial charge in [-0.25, -0.2) is 0 Å². The molecule has 4 saturated carbocycles. The standard InChI is InChI=1S/C32H48O5/c1-19(33)37-25-18-32(26(35)36)16-15-30(7)20(21(32)17-27(25,2)3)9-10-23-29(6)13-12-24(34)28(4,5)22(29)11-14-31(23,30)8/h9,21-23,25H,10-18H2,1-8H3,(H,35,36)/t21-,22-,23+,25-,29-,30+,31+,32+/m1/s1. The van der Waals surface area contributed by atoms with Gasteiger partial charge in [0.25, 0.3) is 0 Å². The molecule has 0 aliphatic heterocycles. The van der Waals surface area contributed by atoms with Crippen molar-refractivity contribution in [2.24, 2.45) is 50.2 Å². The molecular formula is C32H48O5. The summed E-state index contributed by atoms with van der Waals surface area (Å²) in [4.78, 5) is 37.9. The van der Waals surface area contributed by atoms with Gasteiger partial charge in [-0.15, -0.1) is 0 Å². The van der Waals surface area contributed by atoms with Crippen molar-refractivity contribution in [1.29, 1.82) is 0 Å². The average molecular weight is 513 g/mol. The summed E-state index contributed by atoms with van der Waals surface area (Å²) in [7, 11) is 0. The number of hydrogen-bond donors (Lipinski definition) is 1. The Morgan fingerprint density at radius 1 is 0.946 bits per heavy atom. The molecule has 5 aliphatic rings. The van der Waals surface area contributed by atoms with E-state index >= 15 is 0 Å². The molecule has 5 rings (SSSR count). The van der Waals surface area contributed by atoms with E-state index in [0.717, 1.165) is 38.5 Å². The maximum atomic E-state index is 13.0. The smallest absolute Gasteiger partial charge is 0.310 e. The van der Waals surface area contributed by atoms with Crippen molar-refractivity contribution in [1.82, 2.24) is 0 Å². The molecule has 0 amide bonds. The van der Waals surface area contributed by atoms with Gasteiger partial charge in [-0.05, 0) is 78.9 Å². The minimum Gasteiger partial charge on any atom is -0.481 e. The number of allylic oxidation sites excluding steroid dienone is 2. The Morgan fingerprint density at radius 2 is 1.62 bits per heavy atom. The maximum absolute atomic E-state index is 13.0. The van der Waals surface area contributed by atoms with Crippen LogP contribution in [-0.2, 0) is 19.1 Å². The van der Waals surface area contributed by atoms with Crippen LogP contribution in [0.25, 0.3) is 0 Å². The lowest BCUT2D eigenvalue weighted by atomic mass is 9.33. The van der Waals surface area contributed by atoms with Gasteiger partial charge in [-0.3, -0.25) is 14.4 Å². The number of Topliss-reactive ketones (excluding diaryl/α,β-unsaturated/α-hetero) is 1. The van der Waals surface area contributed by atoms with Gasteiger partial charge in [0.2, 0.25) is 0 Å². The molecule has 5 nitrogen and oxygen atoms in total. The van der Waals surface area contributed by atoms with Crippen LogP contribution in [-0.4, -0.2) is 28.9 Å². The summed E-state index contributed by atoms with van der Waals surface area (Å²) in [6.45, 7) is 17.5. The molecule has 8 atom stereocenters. The molecule has 206 valence electrons. The molecule has 0 heterocycles. The first-order chi connectivity index (χ1) is 17.0. The van der Waals surface area contributed by atoms with Gasteiger partial charge < -0.3 is 9.84 Å². The lowest BCUT2D eigenvalue weighted by Gasteiger charge is -2.70. The van der Waals surface area contributed by atoms with Crippen LogP contribution in [0.4, 0.5) is 0 Å². The number of hydrogen-bond acceptors (Lipinski definition) is 4. The number of carboxylic acids is 1. The number of ketones is 1. The van der Waals surface area contributed by atoms with Crippen molar-refractivity contribution < 1.29 is 24.2 Å². The molecule has 0 saturated heterocycles. The van der Waals surface area contributed by atoms with E-state index in [2.05, 4.69) is 54.5 Å². The van der Waals surface area contributed by atoms with Gasteiger partial charge in [0.1, 0.15) is 11.9 Å². The number of ether oxygens (including phenoxy) is 1. The second kappa shape index (κ2) is 7.94. The zero-order valence-corrected chi connectivity index (χ0v) is 24.3. The highest BCUT2D eigenvalue weighted by Crippen LogP contribution is 2.75. The molecule has 1 N–H and O–H groups in total. The number of aliphatic carboxylic acids is 1. The first-order valence-electron chi connectivity index (χ1n) is 14.6. The summed E-state index contributed by atoms with van der Waals surface area (Å²) in [6, 6.07) is 0. The van der Waals surface area contributed by atoms with Crippen LogP contribution in [0.2, 0.25) is 0 Å². The largest absolute Gasteiger partial charge is 0.481 e. The number of carbonyl (C=O) groups excluding carboxylic acids is 2. The van der Waals surface area contributed by atoms with E-state index in [0.29, 0.717) is 36.9 Å². The Morgan fingerprint density at radius 3 is 2.24 bits per heavy atom. The predicted octanol–water partition coefficient (Wildman–Crippen LogP) is 6.98. The third-order valence-electron chi connectivity index (χ3n) is 13.3. The molecule has 0 spiro atoms. The van der Waals surface area contributed by atoms with Crippen LogP contribution in [0.3, 0.4) is 0 Å². The van der Waals surface area contributed by atoms with E-state index in [1.165, 1.54) is 12.5 Å². The zero-order valence-electron chi connectivity index (χ0n) is 24.3. The number of carboxylic acid groups (broad SMARTS) is 1. The quantitative estimate of drug-likeness (QED) is 0.319. The summed E-state index contributed by atoms with van der Waals surface area (Å²) >= 11 is 0. The second-order valence-electron chi connectivity index (χ2n) is 15.4. The minimum atomic E-state index is -0.884. The van der Waals surface area contributed by atoms with Gasteiger partial charge >= 0.3 is 11.9 Å². The summed E-state index contributed by atoms with van der Waals surface area (Å²) < 4.78 is 5.75. The van der Waals surface area contributed by atoms with E-state index in [1.54, 1.807) is 0 Å². The van der Waals surface area contributed by atoms with Gasteiger partial charge in [0, 0.05) is 30.6 Å². The molecule has 5 aliphatic carbocycles. The van der Waals surface area contributed by atoms with E-state index in [-0.39, 0.29) is 45.1 Å². The third kappa shape index (κ3) is 3.37. The summed E-state index contributed by atoms with van der Waals surface area (Å²) in [5.74, 6) is 0.207. The van der Waals surface area contributed by atoms with Crippen LogP contribution in [0.5, 0.6) is 0 Å². The first-order valence-corrected chi connectivity index (χ1v) is 14.6. The second-order valence-corrected chi connectivity index (χ2v) is 15.4. The molecule has 0 unspecified atom stereocenters. The topological polar surface area (TPSA) is 80.7 Å². The molecule has 37 heavy (non-hydrogen) atoms. The molecule has 5 heteroatoms. The van der Waals surface area contributed by atoms with E-state index in [4.69, 9.17) is 4.74 Å². The number of carbonyl (C=O) groups is 3. The molecule has 0 aromatic rings. The molecule has 0 radical (unpaired) electrons. The molecule has 0 bridgehead atoms. The normalized spacial score (nSPS) is 47.9. The minimum absolute atomic E-state index is 0.0433.